The van der Waals surface area contributed by atoms with Crippen molar-refractivity contribution in [3.63, 3.8) is 0 Å². The van der Waals surface area contributed by atoms with Gasteiger partial charge in [-0.1, -0.05) is 11.6 Å². The van der Waals surface area contributed by atoms with E-state index in [1.54, 1.807) is 11.8 Å². The molecule has 1 aliphatic carbocycles. The maximum atomic E-state index is 9.13. The number of benzene rings is 1. The predicted octanol–water partition coefficient (Wildman–Crippen LogP) is 2.96. The van der Waals surface area contributed by atoms with Gasteiger partial charge >= 0.3 is 0 Å². The molecule has 0 heterocycles. The van der Waals surface area contributed by atoms with E-state index in [0.717, 1.165) is 17.9 Å². The highest BCUT2D eigenvalue weighted by molar-refractivity contribution is 8.01. The van der Waals surface area contributed by atoms with Crippen LogP contribution in [0.15, 0.2) is 29.2 Å². The Bertz CT molecular complexity index is 292. The molecule has 70 valence electrons. The lowest BCUT2D eigenvalue weighted by Crippen LogP contribution is -2.07. The van der Waals surface area contributed by atoms with Gasteiger partial charge < -0.3 is 5.11 Å². The summed E-state index contributed by atoms with van der Waals surface area (Å²) in [6.07, 6.45) is 2.24. The maximum absolute atomic E-state index is 9.13. The van der Waals surface area contributed by atoms with Crippen LogP contribution in [0.2, 0.25) is 5.02 Å². The molecule has 1 fully saturated rings. The molecular weight excluding hydrogens is 204 g/mol. The van der Waals surface area contributed by atoms with Crippen molar-refractivity contribution in [1.82, 2.24) is 0 Å². The third kappa shape index (κ3) is 2.19. The van der Waals surface area contributed by atoms with Crippen molar-refractivity contribution in [3.8, 4) is 0 Å². The zero-order valence-electron chi connectivity index (χ0n) is 7.16. The minimum absolute atomic E-state index is 0.119. The Balaban J connectivity index is 2.06. The fraction of sp³-hybridized carbons (Fsp3) is 0.400. The van der Waals surface area contributed by atoms with Crippen LogP contribution >= 0.6 is 23.4 Å². The Labute approximate surface area is 87.1 Å². The second-order valence-electron chi connectivity index (χ2n) is 3.40. The summed E-state index contributed by atoms with van der Waals surface area (Å²) in [5.74, 6) is 0. The van der Waals surface area contributed by atoms with E-state index in [2.05, 4.69) is 0 Å². The third-order valence-corrected chi connectivity index (χ3v) is 3.97. The minimum Gasteiger partial charge on any atom is -0.395 e. The van der Waals surface area contributed by atoms with Crippen LogP contribution in [0.1, 0.15) is 12.8 Å². The molecule has 0 atom stereocenters. The Morgan fingerprint density at radius 3 is 2.38 bits per heavy atom. The molecule has 0 unspecified atom stereocenters. The molecule has 3 heteroatoms. The number of hydrogen-bond donors (Lipinski definition) is 1. The van der Waals surface area contributed by atoms with Gasteiger partial charge in [-0.2, -0.15) is 0 Å². The molecule has 1 N–H and O–H groups in total. The molecule has 1 aliphatic rings. The first-order valence-corrected chi connectivity index (χ1v) is 5.49. The SMILES string of the molecule is OCC1(Sc2ccc(Cl)cc2)CC1. The first-order chi connectivity index (χ1) is 6.24. The monoisotopic (exact) mass is 214 g/mol. The smallest absolute Gasteiger partial charge is 0.0581 e. The second-order valence-corrected chi connectivity index (χ2v) is 5.38. The summed E-state index contributed by atoms with van der Waals surface area (Å²) >= 11 is 7.53. The molecule has 0 spiro atoms. The largest absolute Gasteiger partial charge is 0.395 e. The van der Waals surface area contributed by atoms with Crippen molar-refractivity contribution in [1.29, 1.82) is 0 Å². The lowest BCUT2D eigenvalue weighted by Gasteiger charge is -2.10. The highest BCUT2D eigenvalue weighted by Gasteiger charge is 2.43. The van der Waals surface area contributed by atoms with E-state index in [9.17, 15) is 0 Å². The maximum Gasteiger partial charge on any atom is 0.0581 e. The van der Waals surface area contributed by atoms with Gasteiger partial charge in [0.15, 0.2) is 0 Å². The first kappa shape index (κ1) is 9.38. The van der Waals surface area contributed by atoms with Gasteiger partial charge in [-0.05, 0) is 37.1 Å². The van der Waals surface area contributed by atoms with Crippen LogP contribution in [-0.4, -0.2) is 16.5 Å². The summed E-state index contributed by atoms with van der Waals surface area (Å²) in [6, 6.07) is 7.78. The summed E-state index contributed by atoms with van der Waals surface area (Å²) in [7, 11) is 0. The molecule has 0 bridgehead atoms. The molecule has 1 nitrogen and oxygen atoms in total. The van der Waals surface area contributed by atoms with Gasteiger partial charge in [0.05, 0.1) is 6.61 Å². The molecule has 0 aliphatic heterocycles. The number of hydrogen-bond acceptors (Lipinski definition) is 2. The van der Waals surface area contributed by atoms with Crippen LogP contribution in [-0.2, 0) is 0 Å². The van der Waals surface area contributed by atoms with E-state index in [-0.39, 0.29) is 11.4 Å². The molecule has 0 aromatic heterocycles. The molecule has 13 heavy (non-hydrogen) atoms. The zero-order valence-corrected chi connectivity index (χ0v) is 8.74. The standard InChI is InChI=1S/C10H11ClOS/c11-8-1-3-9(4-2-8)13-10(7-12)5-6-10/h1-4,12H,5-7H2. The minimum atomic E-state index is 0.119. The summed E-state index contributed by atoms with van der Waals surface area (Å²) < 4.78 is 0.119. The van der Waals surface area contributed by atoms with E-state index in [0.29, 0.717) is 0 Å². The van der Waals surface area contributed by atoms with Crippen molar-refractivity contribution in [2.45, 2.75) is 22.5 Å². The highest BCUT2D eigenvalue weighted by Crippen LogP contribution is 2.51. The quantitative estimate of drug-likeness (QED) is 0.835. The number of thioether (sulfide) groups is 1. The fourth-order valence-electron chi connectivity index (χ4n) is 1.18. The summed E-state index contributed by atoms with van der Waals surface area (Å²) in [6.45, 7) is 0.278. The number of halogens is 1. The van der Waals surface area contributed by atoms with Gasteiger partial charge in [0.2, 0.25) is 0 Å². The molecule has 1 aromatic carbocycles. The molecule has 0 radical (unpaired) electrons. The van der Waals surface area contributed by atoms with Crippen LogP contribution < -0.4 is 0 Å². The lowest BCUT2D eigenvalue weighted by atomic mass is 10.4. The van der Waals surface area contributed by atoms with E-state index in [4.69, 9.17) is 16.7 Å². The Kier molecular flexibility index (Phi) is 2.54. The van der Waals surface area contributed by atoms with Crippen LogP contribution in [0.5, 0.6) is 0 Å². The van der Waals surface area contributed by atoms with E-state index < -0.39 is 0 Å². The Morgan fingerprint density at radius 1 is 1.31 bits per heavy atom. The number of rotatable bonds is 3. The first-order valence-electron chi connectivity index (χ1n) is 4.30. The normalized spacial score (nSPS) is 18.6. The summed E-state index contributed by atoms with van der Waals surface area (Å²) in [4.78, 5) is 1.19. The van der Waals surface area contributed by atoms with Gasteiger partial charge in [0, 0.05) is 14.7 Å². The van der Waals surface area contributed by atoms with Gasteiger partial charge in [0.25, 0.3) is 0 Å². The molecule has 0 saturated heterocycles. The van der Waals surface area contributed by atoms with Crippen molar-refractivity contribution >= 4 is 23.4 Å². The molecular formula is C10H11ClOS. The van der Waals surface area contributed by atoms with Crippen molar-refractivity contribution in [3.05, 3.63) is 29.3 Å². The van der Waals surface area contributed by atoms with E-state index >= 15 is 0 Å². The molecule has 1 aromatic rings. The third-order valence-electron chi connectivity index (χ3n) is 2.24. The second kappa shape index (κ2) is 3.52. The van der Waals surface area contributed by atoms with E-state index in [1.807, 2.05) is 24.3 Å². The molecule has 0 amide bonds. The van der Waals surface area contributed by atoms with Gasteiger partial charge in [-0.25, -0.2) is 0 Å². The average Bonchev–Trinajstić information content (AvgIpc) is 2.90. The van der Waals surface area contributed by atoms with Gasteiger partial charge in [0.1, 0.15) is 0 Å². The van der Waals surface area contributed by atoms with Crippen LogP contribution in [0.3, 0.4) is 0 Å². The van der Waals surface area contributed by atoms with Crippen molar-refractivity contribution in [2.24, 2.45) is 0 Å². The Morgan fingerprint density at radius 2 is 1.92 bits per heavy atom. The van der Waals surface area contributed by atoms with Gasteiger partial charge in [-0.3, -0.25) is 0 Å². The Hall–Kier alpha value is -0.180. The summed E-state index contributed by atoms with van der Waals surface area (Å²) in [5, 5.41) is 9.89. The summed E-state index contributed by atoms with van der Waals surface area (Å²) in [5.41, 5.74) is 0. The average molecular weight is 215 g/mol. The number of aliphatic hydroxyl groups is 1. The van der Waals surface area contributed by atoms with E-state index in [1.165, 1.54) is 4.90 Å². The van der Waals surface area contributed by atoms with Crippen LogP contribution in [0, 0.1) is 0 Å². The topological polar surface area (TPSA) is 20.2 Å². The highest BCUT2D eigenvalue weighted by atomic mass is 35.5. The lowest BCUT2D eigenvalue weighted by molar-refractivity contribution is 0.289. The molecule has 1 saturated carbocycles. The van der Waals surface area contributed by atoms with Crippen LogP contribution in [0.25, 0.3) is 0 Å². The zero-order chi connectivity index (χ0) is 9.31. The predicted molar refractivity (Wildman–Crippen MR) is 56.4 cm³/mol. The van der Waals surface area contributed by atoms with Gasteiger partial charge in [-0.15, -0.1) is 11.8 Å². The van der Waals surface area contributed by atoms with Crippen molar-refractivity contribution in [2.75, 3.05) is 6.61 Å². The fourth-order valence-corrected chi connectivity index (χ4v) is 2.45. The van der Waals surface area contributed by atoms with Crippen molar-refractivity contribution < 1.29 is 5.11 Å². The number of aliphatic hydroxyl groups excluding tert-OH is 1. The molecule has 2 rings (SSSR count). The van der Waals surface area contributed by atoms with Crippen LogP contribution in [0.4, 0.5) is 0 Å².